The SMILES string of the molecule is CC1C(=O)N(C)c2ccc(N3C(=O)CCN3c3ccc(Cl)cc3)nc2N1C1CC1. The summed E-state index contributed by atoms with van der Waals surface area (Å²) < 4.78 is 0. The minimum Gasteiger partial charge on any atom is -0.340 e. The Morgan fingerprint density at radius 1 is 1.07 bits per heavy atom. The molecule has 1 unspecified atom stereocenters. The summed E-state index contributed by atoms with van der Waals surface area (Å²) in [7, 11) is 1.78. The fourth-order valence-corrected chi connectivity index (χ4v) is 4.32. The maximum Gasteiger partial charge on any atom is 0.249 e. The molecule has 150 valence electrons. The molecule has 3 aliphatic rings. The lowest BCUT2D eigenvalue weighted by atomic mass is 10.1. The first-order valence-electron chi connectivity index (χ1n) is 9.88. The second kappa shape index (κ2) is 6.62. The fraction of sp³-hybridized carbons (Fsp3) is 0.381. The van der Waals surface area contributed by atoms with Crippen molar-refractivity contribution >= 4 is 46.4 Å². The van der Waals surface area contributed by atoms with Crippen LogP contribution in [-0.2, 0) is 9.59 Å². The van der Waals surface area contributed by atoms with E-state index in [4.69, 9.17) is 16.6 Å². The number of hydrogen-bond donors (Lipinski definition) is 0. The molecule has 1 aromatic carbocycles. The largest absolute Gasteiger partial charge is 0.340 e. The number of hydrazine groups is 1. The van der Waals surface area contributed by atoms with Gasteiger partial charge >= 0.3 is 0 Å². The Balaban J connectivity index is 1.57. The number of nitrogens with zero attached hydrogens (tertiary/aromatic N) is 5. The lowest BCUT2D eigenvalue weighted by Crippen LogP contribution is -2.52. The van der Waals surface area contributed by atoms with Crippen molar-refractivity contribution in [2.45, 2.75) is 38.3 Å². The summed E-state index contributed by atoms with van der Waals surface area (Å²) in [6, 6.07) is 11.2. The number of carbonyl (C=O) groups excluding carboxylic acids is 2. The van der Waals surface area contributed by atoms with Crippen molar-refractivity contribution in [2.75, 3.05) is 33.4 Å². The molecule has 0 N–H and O–H groups in total. The van der Waals surface area contributed by atoms with E-state index in [1.807, 2.05) is 48.3 Å². The van der Waals surface area contributed by atoms with Gasteiger partial charge in [-0.05, 0) is 56.2 Å². The highest BCUT2D eigenvalue weighted by molar-refractivity contribution is 6.30. The van der Waals surface area contributed by atoms with Gasteiger partial charge in [0.2, 0.25) is 11.8 Å². The predicted molar refractivity (Wildman–Crippen MR) is 114 cm³/mol. The first-order valence-corrected chi connectivity index (χ1v) is 10.3. The first-order chi connectivity index (χ1) is 14.0. The molecule has 0 radical (unpaired) electrons. The van der Waals surface area contributed by atoms with E-state index in [-0.39, 0.29) is 17.9 Å². The topological polar surface area (TPSA) is 60.0 Å². The van der Waals surface area contributed by atoms with Crippen LogP contribution >= 0.6 is 11.6 Å². The summed E-state index contributed by atoms with van der Waals surface area (Å²) in [6.45, 7) is 2.51. The standard InChI is InChI=1S/C21H22ClN5O2/c1-13-21(29)24(2)17-9-10-18(23-20(17)26(13)16-7-8-16)27-19(28)11-12-25(27)15-5-3-14(22)4-6-15/h3-6,9-10,13,16H,7-8,11-12H2,1-2H3. The molecule has 1 saturated heterocycles. The number of pyridine rings is 1. The third-order valence-electron chi connectivity index (χ3n) is 5.85. The van der Waals surface area contributed by atoms with Gasteiger partial charge in [0.05, 0.1) is 11.4 Å². The van der Waals surface area contributed by atoms with E-state index in [9.17, 15) is 9.59 Å². The zero-order valence-corrected chi connectivity index (χ0v) is 17.1. The molecule has 2 amide bonds. The Morgan fingerprint density at radius 3 is 2.48 bits per heavy atom. The van der Waals surface area contributed by atoms with Gasteiger partial charge in [0, 0.05) is 31.1 Å². The molecule has 3 heterocycles. The van der Waals surface area contributed by atoms with Crippen LogP contribution in [0.3, 0.4) is 0 Å². The molecule has 0 spiro atoms. The van der Waals surface area contributed by atoms with Crippen LogP contribution < -0.4 is 19.8 Å². The normalized spacial score (nSPS) is 21.8. The number of aromatic nitrogens is 1. The molecule has 8 heteroatoms. The van der Waals surface area contributed by atoms with Crippen LogP contribution in [0.1, 0.15) is 26.2 Å². The van der Waals surface area contributed by atoms with E-state index in [1.54, 1.807) is 17.0 Å². The molecule has 29 heavy (non-hydrogen) atoms. The molecular weight excluding hydrogens is 390 g/mol. The van der Waals surface area contributed by atoms with E-state index in [1.165, 1.54) is 0 Å². The third-order valence-corrected chi connectivity index (χ3v) is 6.10. The Labute approximate surface area is 174 Å². The number of carbonyl (C=O) groups is 2. The van der Waals surface area contributed by atoms with Gasteiger partial charge in [-0.3, -0.25) is 14.6 Å². The van der Waals surface area contributed by atoms with Crippen molar-refractivity contribution in [1.82, 2.24) is 4.98 Å². The number of benzene rings is 1. The average molecular weight is 412 g/mol. The summed E-state index contributed by atoms with van der Waals surface area (Å²) in [4.78, 5) is 34.1. The lowest BCUT2D eigenvalue weighted by molar-refractivity contribution is -0.119. The van der Waals surface area contributed by atoms with Gasteiger partial charge in [-0.2, -0.15) is 0 Å². The quantitative estimate of drug-likeness (QED) is 0.776. The highest BCUT2D eigenvalue weighted by atomic mass is 35.5. The Kier molecular flexibility index (Phi) is 4.17. The third kappa shape index (κ3) is 2.92. The van der Waals surface area contributed by atoms with Crippen molar-refractivity contribution in [2.24, 2.45) is 0 Å². The van der Waals surface area contributed by atoms with Crippen molar-refractivity contribution in [3.63, 3.8) is 0 Å². The molecule has 1 atom stereocenters. The maximum absolute atomic E-state index is 12.7. The van der Waals surface area contributed by atoms with E-state index in [0.717, 1.165) is 30.0 Å². The van der Waals surface area contributed by atoms with E-state index >= 15 is 0 Å². The lowest BCUT2D eigenvalue weighted by Gasteiger charge is -2.40. The van der Waals surface area contributed by atoms with Crippen molar-refractivity contribution < 1.29 is 9.59 Å². The Hall–Kier alpha value is -2.80. The second-order valence-corrected chi connectivity index (χ2v) is 8.22. The molecule has 7 nitrogen and oxygen atoms in total. The average Bonchev–Trinajstić information content (AvgIpc) is 3.48. The van der Waals surface area contributed by atoms with Gasteiger partial charge < -0.3 is 9.80 Å². The molecule has 1 saturated carbocycles. The summed E-state index contributed by atoms with van der Waals surface area (Å²) >= 11 is 6.02. The summed E-state index contributed by atoms with van der Waals surface area (Å²) in [5.41, 5.74) is 1.67. The molecule has 2 aromatic rings. The van der Waals surface area contributed by atoms with Crippen molar-refractivity contribution in [3.05, 3.63) is 41.4 Å². The monoisotopic (exact) mass is 411 g/mol. The van der Waals surface area contributed by atoms with Gasteiger partial charge in [0.25, 0.3) is 0 Å². The highest BCUT2D eigenvalue weighted by Gasteiger charge is 2.43. The van der Waals surface area contributed by atoms with Crippen LogP contribution in [-0.4, -0.2) is 42.5 Å². The number of anilines is 4. The molecule has 0 bridgehead atoms. The molecule has 2 fully saturated rings. The van der Waals surface area contributed by atoms with Crippen LogP contribution in [0.5, 0.6) is 0 Å². The number of halogens is 1. The number of hydrogen-bond acceptors (Lipinski definition) is 5. The van der Waals surface area contributed by atoms with Crippen molar-refractivity contribution in [1.29, 1.82) is 0 Å². The fourth-order valence-electron chi connectivity index (χ4n) is 4.20. The Bertz CT molecular complexity index is 991. The van der Waals surface area contributed by atoms with Gasteiger partial charge in [-0.25, -0.2) is 9.99 Å². The number of fused-ring (bicyclic) bond motifs is 1. The highest BCUT2D eigenvalue weighted by Crippen LogP contribution is 2.42. The number of rotatable bonds is 3. The summed E-state index contributed by atoms with van der Waals surface area (Å²) in [6.07, 6.45) is 2.54. The Morgan fingerprint density at radius 2 is 1.79 bits per heavy atom. The van der Waals surface area contributed by atoms with Gasteiger partial charge in [-0.1, -0.05) is 11.6 Å². The zero-order chi connectivity index (χ0) is 20.3. The smallest absolute Gasteiger partial charge is 0.249 e. The van der Waals surface area contributed by atoms with Gasteiger partial charge in [0.1, 0.15) is 6.04 Å². The molecule has 5 rings (SSSR count). The summed E-state index contributed by atoms with van der Waals surface area (Å²) in [5.74, 6) is 1.41. The minimum atomic E-state index is -0.260. The second-order valence-electron chi connectivity index (χ2n) is 7.78. The number of amides is 2. The van der Waals surface area contributed by atoms with E-state index < -0.39 is 0 Å². The predicted octanol–water partition coefficient (Wildman–Crippen LogP) is 3.23. The summed E-state index contributed by atoms with van der Waals surface area (Å²) in [5, 5.41) is 4.21. The van der Waals surface area contributed by atoms with Crippen LogP contribution in [0.15, 0.2) is 36.4 Å². The molecular formula is C21H22ClN5O2. The van der Waals surface area contributed by atoms with Crippen LogP contribution in [0, 0.1) is 0 Å². The molecule has 1 aromatic heterocycles. The maximum atomic E-state index is 12.7. The molecule has 2 aliphatic heterocycles. The first kappa shape index (κ1) is 18.2. The van der Waals surface area contributed by atoms with Crippen LogP contribution in [0.4, 0.5) is 23.0 Å². The minimum absolute atomic E-state index is 0.00124. The molecule has 1 aliphatic carbocycles. The van der Waals surface area contributed by atoms with Crippen LogP contribution in [0.2, 0.25) is 5.02 Å². The number of likely N-dealkylation sites (N-methyl/N-ethyl adjacent to an activating group) is 1. The van der Waals surface area contributed by atoms with E-state index in [0.29, 0.717) is 29.8 Å². The van der Waals surface area contributed by atoms with Crippen molar-refractivity contribution in [3.8, 4) is 0 Å². The zero-order valence-electron chi connectivity index (χ0n) is 16.4. The van der Waals surface area contributed by atoms with Gasteiger partial charge in [0.15, 0.2) is 11.6 Å². The van der Waals surface area contributed by atoms with Gasteiger partial charge in [-0.15, -0.1) is 0 Å². The van der Waals surface area contributed by atoms with E-state index in [2.05, 4.69) is 4.90 Å². The van der Waals surface area contributed by atoms with Crippen LogP contribution in [0.25, 0.3) is 0 Å².